The second-order valence-corrected chi connectivity index (χ2v) is 4.70. The summed E-state index contributed by atoms with van der Waals surface area (Å²) in [6, 6.07) is 12.7. The highest BCUT2D eigenvalue weighted by Crippen LogP contribution is 2.24. The van der Waals surface area contributed by atoms with E-state index in [0.717, 1.165) is 10.8 Å². The summed E-state index contributed by atoms with van der Waals surface area (Å²) in [6.45, 7) is 0.708. The lowest BCUT2D eigenvalue weighted by atomic mass is 10.1. The van der Waals surface area contributed by atoms with Crippen LogP contribution in [-0.4, -0.2) is 17.4 Å². The van der Waals surface area contributed by atoms with E-state index >= 15 is 0 Å². The number of aromatic nitrogens is 1. The van der Waals surface area contributed by atoms with Gasteiger partial charge in [-0.15, -0.1) is 0 Å². The fraction of sp³-hybridized carbons (Fsp3) is 0.188. The van der Waals surface area contributed by atoms with Crippen LogP contribution in [0.2, 0.25) is 0 Å². The van der Waals surface area contributed by atoms with E-state index in [9.17, 15) is 5.11 Å². The van der Waals surface area contributed by atoms with Gasteiger partial charge in [-0.2, -0.15) is 0 Å². The average molecular weight is 285 g/mol. The molecule has 0 atom stereocenters. The van der Waals surface area contributed by atoms with Gasteiger partial charge in [0.05, 0.1) is 0 Å². The Kier molecular flexibility index (Phi) is 3.75. The quantitative estimate of drug-likeness (QED) is 0.779. The van der Waals surface area contributed by atoms with Crippen LogP contribution in [0.1, 0.15) is 11.5 Å². The van der Waals surface area contributed by atoms with Crippen LogP contribution in [0, 0.1) is 0 Å². The predicted octanol–water partition coefficient (Wildman–Crippen LogP) is 3.26. The molecule has 0 amide bonds. The highest BCUT2D eigenvalue weighted by Gasteiger charge is 2.05. The fourth-order valence-corrected chi connectivity index (χ4v) is 2.09. The smallest absolute Gasteiger partial charge is 0.162 e. The molecule has 0 aliphatic heterocycles. The number of rotatable bonds is 5. The second kappa shape index (κ2) is 5.85. The van der Waals surface area contributed by atoms with Gasteiger partial charge in [0.15, 0.2) is 5.76 Å². The third-order valence-corrected chi connectivity index (χ3v) is 3.08. The molecule has 0 unspecified atom stereocenters. The van der Waals surface area contributed by atoms with Gasteiger partial charge in [0, 0.05) is 13.2 Å². The molecule has 5 heteroatoms. The van der Waals surface area contributed by atoms with E-state index in [1.54, 1.807) is 25.3 Å². The Bertz CT molecular complexity index is 751. The van der Waals surface area contributed by atoms with Gasteiger partial charge in [0.25, 0.3) is 0 Å². The largest absolute Gasteiger partial charge is 0.508 e. The van der Waals surface area contributed by atoms with Gasteiger partial charge >= 0.3 is 0 Å². The monoisotopic (exact) mass is 285 g/mol. The van der Waals surface area contributed by atoms with Crippen molar-refractivity contribution in [3.8, 4) is 11.5 Å². The average Bonchev–Trinajstić information content (AvgIpc) is 2.93. The Morgan fingerprint density at radius 1 is 1.05 bits per heavy atom. The number of aromatic hydroxyl groups is 1. The molecule has 1 aromatic heterocycles. The molecule has 3 rings (SSSR count). The van der Waals surface area contributed by atoms with Crippen LogP contribution in [0.15, 0.2) is 47.0 Å². The lowest BCUT2D eigenvalue weighted by Crippen LogP contribution is -1.95. The minimum absolute atomic E-state index is 0.236. The first-order valence-corrected chi connectivity index (χ1v) is 6.53. The number of phenolic OH excluding ortho intramolecular Hbond substituents is 1. The van der Waals surface area contributed by atoms with Crippen LogP contribution in [0.25, 0.3) is 10.8 Å². The summed E-state index contributed by atoms with van der Waals surface area (Å²) in [7, 11) is 1.60. The molecule has 5 nitrogen and oxygen atoms in total. The number of hydrogen-bond donors (Lipinski definition) is 1. The lowest BCUT2D eigenvalue weighted by molar-refractivity contribution is 0.155. The Morgan fingerprint density at radius 2 is 1.90 bits per heavy atom. The van der Waals surface area contributed by atoms with E-state index in [4.69, 9.17) is 14.0 Å². The summed E-state index contributed by atoms with van der Waals surface area (Å²) in [5.74, 6) is 1.62. The molecular formula is C16H15NO4. The summed E-state index contributed by atoms with van der Waals surface area (Å²) >= 11 is 0. The molecule has 0 saturated carbocycles. The van der Waals surface area contributed by atoms with E-state index in [-0.39, 0.29) is 5.75 Å². The maximum absolute atomic E-state index is 9.51. The molecule has 108 valence electrons. The van der Waals surface area contributed by atoms with Crippen molar-refractivity contribution in [2.75, 3.05) is 7.11 Å². The van der Waals surface area contributed by atoms with Crippen LogP contribution in [0.5, 0.6) is 11.5 Å². The zero-order valence-electron chi connectivity index (χ0n) is 11.6. The van der Waals surface area contributed by atoms with Gasteiger partial charge in [-0.1, -0.05) is 17.3 Å². The van der Waals surface area contributed by atoms with E-state index in [2.05, 4.69) is 5.16 Å². The van der Waals surface area contributed by atoms with Gasteiger partial charge < -0.3 is 19.1 Å². The number of fused-ring (bicyclic) bond motifs is 1. The SMILES string of the molecule is COCc1cc(COc2ccc3ccc(O)cc3c2)no1. The number of nitrogens with zero attached hydrogens (tertiary/aromatic N) is 1. The third-order valence-electron chi connectivity index (χ3n) is 3.08. The molecule has 0 saturated heterocycles. The van der Waals surface area contributed by atoms with Crippen LogP contribution in [0.4, 0.5) is 0 Å². The Morgan fingerprint density at radius 3 is 2.76 bits per heavy atom. The first-order valence-electron chi connectivity index (χ1n) is 6.53. The lowest BCUT2D eigenvalue weighted by Gasteiger charge is -2.05. The topological polar surface area (TPSA) is 64.7 Å². The van der Waals surface area contributed by atoms with Gasteiger partial charge in [-0.25, -0.2) is 0 Å². The molecule has 2 aromatic carbocycles. The molecule has 1 N–H and O–H groups in total. The van der Waals surface area contributed by atoms with E-state index < -0.39 is 0 Å². The molecule has 0 aliphatic rings. The first-order chi connectivity index (χ1) is 10.2. The standard InChI is InChI=1S/C16H15NO4/c1-19-10-16-8-13(17-21-16)9-20-15-5-3-11-2-4-14(18)6-12(11)7-15/h2-8,18H,9-10H2,1H3. The van der Waals surface area contributed by atoms with Crippen molar-refractivity contribution in [1.82, 2.24) is 5.16 Å². The molecule has 0 fully saturated rings. The zero-order chi connectivity index (χ0) is 14.7. The maximum Gasteiger partial charge on any atom is 0.162 e. The predicted molar refractivity (Wildman–Crippen MR) is 77.2 cm³/mol. The molecule has 0 radical (unpaired) electrons. The highest BCUT2D eigenvalue weighted by molar-refractivity contribution is 5.85. The van der Waals surface area contributed by atoms with Crippen molar-refractivity contribution in [3.63, 3.8) is 0 Å². The van der Waals surface area contributed by atoms with Gasteiger partial charge in [0.1, 0.15) is 30.4 Å². The second-order valence-electron chi connectivity index (χ2n) is 4.70. The van der Waals surface area contributed by atoms with Crippen molar-refractivity contribution in [2.45, 2.75) is 13.2 Å². The van der Waals surface area contributed by atoms with E-state index in [0.29, 0.717) is 30.4 Å². The Balaban J connectivity index is 1.72. The Hall–Kier alpha value is -2.53. The number of benzene rings is 2. The molecule has 0 aliphatic carbocycles. The number of hydrogen-bond acceptors (Lipinski definition) is 5. The van der Waals surface area contributed by atoms with Gasteiger partial charge in [0.2, 0.25) is 0 Å². The summed E-state index contributed by atoms with van der Waals surface area (Å²) in [5.41, 5.74) is 0.707. The highest BCUT2D eigenvalue weighted by atomic mass is 16.5. The van der Waals surface area contributed by atoms with Crippen molar-refractivity contribution >= 4 is 10.8 Å². The van der Waals surface area contributed by atoms with Crippen molar-refractivity contribution in [2.24, 2.45) is 0 Å². The van der Waals surface area contributed by atoms with Crippen molar-refractivity contribution < 1.29 is 19.1 Å². The molecule has 0 spiro atoms. The molecule has 0 bridgehead atoms. The fourth-order valence-electron chi connectivity index (χ4n) is 2.09. The molecule has 3 aromatic rings. The first kappa shape index (κ1) is 13.5. The molecular weight excluding hydrogens is 270 g/mol. The Labute approximate surface area is 121 Å². The van der Waals surface area contributed by atoms with Crippen molar-refractivity contribution in [3.05, 3.63) is 53.9 Å². The number of methoxy groups -OCH3 is 1. The minimum atomic E-state index is 0.236. The molecule has 1 heterocycles. The molecule has 21 heavy (non-hydrogen) atoms. The van der Waals surface area contributed by atoms with E-state index in [1.165, 1.54) is 0 Å². The minimum Gasteiger partial charge on any atom is -0.508 e. The normalized spacial score (nSPS) is 10.9. The van der Waals surface area contributed by atoms with Gasteiger partial charge in [-0.3, -0.25) is 0 Å². The third kappa shape index (κ3) is 3.14. The summed E-state index contributed by atoms with van der Waals surface area (Å²) in [5, 5.41) is 15.4. The van der Waals surface area contributed by atoms with Crippen molar-refractivity contribution in [1.29, 1.82) is 0 Å². The summed E-state index contributed by atoms with van der Waals surface area (Å²) in [4.78, 5) is 0. The number of phenols is 1. The number of ether oxygens (including phenoxy) is 2. The van der Waals surface area contributed by atoms with E-state index in [1.807, 2.05) is 24.3 Å². The van der Waals surface area contributed by atoms with Gasteiger partial charge in [-0.05, 0) is 35.0 Å². The van der Waals surface area contributed by atoms with Crippen LogP contribution >= 0.6 is 0 Å². The summed E-state index contributed by atoms with van der Waals surface area (Å²) < 4.78 is 15.7. The van der Waals surface area contributed by atoms with Crippen LogP contribution < -0.4 is 4.74 Å². The zero-order valence-corrected chi connectivity index (χ0v) is 11.6. The van der Waals surface area contributed by atoms with Crippen LogP contribution in [0.3, 0.4) is 0 Å². The van der Waals surface area contributed by atoms with Crippen LogP contribution in [-0.2, 0) is 18.0 Å². The summed E-state index contributed by atoms with van der Waals surface area (Å²) in [6.07, 6.45) is 0. The maximum atomic E-state index is 9.51.